The molecule has 3 heterocycles. The highest BCUT2D eigenvalue weighted by molar-refractivity contribution is 5.81. The van der Waals surface area contributed by atoms with Crippen molar-refractivity contribution in [1.82, 2.24) is 10.2 Å². The Bertz CT molecular complexity index is 312. The predicted molar refractivity (Wildman–Crippen MR) is 70.9 cm³/mol. The average molecular weight is 268 g/mol. The molecule has 5 nitrogen and oxygen atoms in total. The number of carbonyl (C=O) groups excluding carboxylic acids is 1. The topological polar surface area (TPSA) is 50.8 Å². The molecule has 19 heavy (non-hydrogen) atoms. The fourth-order valence-electron chi connectivity index (χ4n) is 3.60. The van der Waals surface area contributed by atoms with Gasteiger partial charge in [0.05, 0.1) is 19.8 Å². The first kappa shape index (κ1) is 13.3. The van der Waals surface area contributed by atoms with Gasteiger partial charge < -0.3 is 19.7 Å². The van der Waals surface area contributed by atoms with E-state index in [-0.39, 0.29) is 12.0 Å². The van der Waals surface area contributed by atoms with E-state index in [1.165, 1.54) is 12.8 Å². The third-order valence-corrected chi connectivity index (χ3v) is 4.60. The van der Waals surface area contributed by atoms with Crippen molar-refractivity contribution in [2.45, 2.75) is 37.8 Å². The van der Waals surface area contributed by atoms with Gasteiger partial charge in [0, 0.05) is 12.6 Å². The molecule has 3 aliphatic heterocycles. The van der Waals surface area contributed by atoms with Gasteiger partial charge in [0.15, 0.2) is 6.10 Å². The Labute approximate surface area is 114 Å². The minimum absolute atomic E-state index is 0.153. The summed E-state index contributed by atoms with van der Waals surface area (Å²) in [5.41, 5.74) is 0. The lowest BCUT2D eigenvalue weighted by atomic mass is 9.88. The summed E-state index contributed by atoms with van der Waals surface area (Å²) in [6, 6.07) is 0.431. The molecular weight excluding hydrogens is 244 g/mol. The monoisotopic (exact) mass is 268 g/mol. The molecule has 0 spiro atoms. The Morgan fingerprint density at radius 3 is 2.74 bits per heavy atom. The zero-order valence-corrected chi connectivity index (χ0v) is 11.5. The zero-order valence-electron chi connectivity index (χ0n) is 11.5. The van der Waals surface area contributed by atoms with Gasteiger partial charge in [0.1, 0.15) is 0 Å². The summed E-state index contributed by atoms with van der Waals surface area (Å²) in [6.45, 7) is 4.66. The number of amides is 1. The quantitative estimate of drug-likeness (QED) is 0.787. The SMILES string of the molecule is O=C([C@H]1COCCO1)N1CCC[C@@H]1C1CCNCC1. The zero-order chi connectivity index (χ0) is 13.1. The fraction of sp³-hybridized carbons (Fsp3) is 0.929. The second-order valence-corrected chi connectivity index (χ2v) is 5.76. The predicted octanol–water partition coefficient (Wildman–Crippen LogP) is 0.392. The average Bonchev–Trinajstić information content (AvgIpc) is 2.98. The largest absolute Gasteiger partial charge is 0.376 e. The van der Waals surface area contributed by atoms with Crippen LogP contribution in [0.3, 0.4) is 0 Å². The highest BCUT2D eigenvalue weighted by Gasteiger charge is 2.38. The van der Waals surface area contributed by atoms with E-state index >= 15 is 0 Å². The van der Waals surface area contributed by atoms with Gasteiger partial charge in [-0.1, -0.05) is 0 Å². The Morgan fingerprint density at radius 2 is 2.00 bits per heavy atom. The van der Waals surface area contributed by atoms with E-state index in [9.17, 15) is 4.79 Å². The highest BCUT2D eigenvalue weighted by atomic mass is 16.6. The van der Waals surface area contributed by atoms with E-state index in [4.69, 9.17) is 9.47 Å². The molecule has 0 bridgehead atoms. The van der Waals surface area contributed by atoms with Gasteiger partial charge in [-0.15, -0.1) is 0 Å². The normalized spacial score (nSPS) is 33.6. The smallest absolute Gasteiger partial charge is 0.254 e. The van der Waals surface area contributed by atoms with Gasteiger partial charge in [-0.05, 0) is 44.7 Å². The summed E-state index contributed by atoms with van der Waals surface area (Å²) >= 11 is 0. The Kier molecular flexibility index (Phi) is 4.35. The minimum atomic E-state index is -0.365. The number of carbonyl (C=O) groups is 1. The second-order valence-electron chi connectivity index (χ2n) is 5.76. The maximum absolute atomic E-state index is 12.6. The summed E-state index contributed by atoms with van der Waals surface area (Å²) in [7, 11) is 0. The molecule has 1 amide bonds. The lowest BCUT2D eigenvalue weighted by Gasteiger charge is -2.36. The van der Waals surface area contributed by atoms with Crippen LogP contribution >= 0.6 is 0 Å². The van der Waals surface area contributed by atoms with E-state index in [0.717, 1.165) is 32.5 Å². The van der Waals surface area contributed by atoms with Crippen LogP contribution in [0.2, 0.25) is 0 Å². The number of nitrogens with zero attached hydrogens (tertiary/aromatic N) is 1. The van der Waals surface area contributed by atoms with Crippen LogP contribution in [0.5, 0.6) is 0 Å². The van der Waals surface area contributed by atoms with Crippen molar-refractivity contribution in [1.29, 1.82) is 0 Å². The first-order valence-corrected chi connectivity index (χ1v) is 7.57. The van der Waals surface area contributed by atoms with Crippen LogP contribution in [0.25, 0.3) is 0 Å². The number of hydrogen-bond acceptors (Lipinski definition) is 4. The van der Waals surface area contributed by atoms with E-state index in [2.05, 4.69) is 10.2 Å². The number of ether oxygens (including phenoxy) is 2. The fourth-order valence-corrected chi connectivity index (χ4v) is 3.60. The van der Waals surface area contributed by atoms with Crippen molar-refractivity contribution < 1.29 is 14.3 Å². The van der Waals surface area contributed by atoms with Gasteiger partial charge in [-0.2, -0.15) is 0 Å². The van der Waals surface area contributed by atoms with Crippen molar-refractivity contribution in [2.75, 3.05) is 39.5 Å². The van der Waals surface area contributed by atoms with Gasteiger partial charge in [-0.3, -0.25) is 4.79 Å². The lowest BCUT2D eigenvalue weighted by molar-refractivity contribution is -0.159. The van der Waals surface area contributed by atoms with E-state index in [1.54, 1.807) is 0 Å². The first-order valence-electron chi connectivity index (χ1n) is 7.57. The maximum atomic E-state index is 12.6. The summed E-state index contributed by atoms with van der Waals surface area (Å²) < 4.78 is 10.9. The van der Waals surface area contributed by atoms with Gasteiger partial charge in [0.2, 0.25) is 0 Å². The second kappa shape index (κ2) is 6.20. The van der Waals surface area contributed by atoms with Crippen LogP contribution in [0.1, 0.15) is 25.7 Å². The highest BCUT2D eigenvalue weighted by Crippen LogP contribution is 2.30. The van der Waals surface area contributed by atoms with Crippen LogP contribution < -0.4 is 5.32 Å². The molecule has 1 N–H and O–H groups in total. The van der Waals surface area contributed by atoms with Gasteiger partial charge in [-0.25, -0.2) is 0 Å². The molecular formula is C14H24N2O3. The molecule has 0 aliphatic carbocycles. The van der Waals surface area contributed by atoms with Crippen LogP contribution in [-0.2, 0) is 14.3 Å². The van der Waals surface area contributed by atoms with Crippen LogP contribution in [0, 0.1) is 5.92 Å². The van der Waals surface area contributed by atoms with E-state index < -0.39 is 0 Å². The molecule has 0 saturated carbocycles. The number of nitrogens with one attached hydrogen (secondary N) is 1. The van der Waals surface area contributed by atoms with Crippen molar-refractivity contribution in [2.24, 2.45) is 5.92 Å². The summed E-state index contributed by atoms with van der Waals surface area (Å²) in [6.07, 6.45) is 4.31. The molecule has 3 saturated heterocycles. The molecule has 108 valence electrons. The molecule has 0 aromatic rings. The third-order valence-electron chi connectivity index (χ3n) is 4.60. The molecule has 0 unspecified atom stereocenters. The standard InChI is InChI=1S/C14H24N2O3/c17-14(13-10-18-8-9-19-13)16-7-1-2-12(16)11-3-5-15-6-4-11/h11-13,15H,1-10H2/t12-,13-/m1/s1. The number of hydrogen-bond donors (Lipinski definition) is 1. The molecule has 3 fully saturated rings. The van der Waals surface area contributed by atoms with Crippen molar-refractivity contribution in [3.63, 3.8) is 0 Å². The molecule has 2 atom stereocenters. The molecule has 0 aromatic heterocycles. The van der Waals surface area contributed by atoms with Crippen LogP contribution in [0.15, 0.2) is 0 Å². The first-order chi connectivity index (χ1) is 9.36. The van der Waals surface area contributed by atoms with E-state index in [0.29, 0.717) is 31.8 Å². The summed E-state index contributed by atoms with van der Waals surface area (Å²) in [5, 5.41) is 3.40. The molecule has 3 aliphatic rings. The van der Waals surface area contributed by atoms with Crippen LogP contribution in [-0.4, -0.2) is 62.4 Å². The Balaban J connectivity index is 1.62. The molecule has 0 radical (unpaired) electrons. The van der Waals surface area contributed by atoms with Crippen molar-refractivity contribution in [3.05, 3.63) is 0 Å². The van der Waals surface area contributed by atoms with Crippen LogP contribution in [0.4, 0.5) is 0 Å². The summed E-state index contributed by atoms with van der Waals surface area (Å²) in [4.78, 5) is 14.6. The summed E-state index contributed by atoms with van der Waals surface area (Å²) in [5.74, 6) is 0.818. The molecule has 0 aromatic carbocycles. The Morgan fingerprint density at radius 1 is 1.16 bits per heavy atom. The van der Waals surface area contributed by atoms with Gasteiger partial charge >= 0.3 is 0 Å². The molecule has 5 heteroatoms. The van der Waals surface area contributed by atoms with Crippen molar-refractivity contribution >= 4 is 5.91 Å². The number of likely N-dealkylation sites (tertiary alicyclic amines) is 1. The van der Waals surface area contributed by atoms with E-state index in [1.807, 2.05) is 0 Å². The lowest BCUT2D eigenvalue weighted by Crippen LogP contribution is -2.50. The van der Waals surface area contributed by atoms with Crippen molar-refractivity contribution in [3.8, 4) is 0 Å². The third kappa shape index (κ3) is 2.93. The van der Waals surface area contributed by atoms with Gasteiger partial charge in [0.25, 0.3) is 5.91 Å². The number of piperidine rings is 1. The molecule has 3 rings (SSSR count). The minimum Gasteiger partial charge on any atom is -0.376 e. The maximum Gasteiger partial charge on any atom is 0.254 e. The Hall–Kier alpha value is -0.650. The number of rotatable bonds is 2.